The molecule has 2 aromatic rings. The van der Waals surface area contributed by atoms with Gasteiger partial charge in [-0.1, -0.05) is 18.2 Å². The molecule has 0 aliphatic carbocycles. The van der Waals surface area contributed by atoms with Crippen LogP contribution in [0.3, 0.4) is 0 Å². The van der Waals surface area contributed by atoms with Crippen LogP contribution >= 0.6 is 0 Å². The first kappa shape index (κ1) is 17.8. The van der Waals surface area contributed by atoms with Gasteiger partial charge in [-0.05, 0) is 38.0 Å². The summed E-state index contributed by atoms with van der Waals surface area (Å²) in [7, 11) is 0. The quantitative estimate of drug-likeness (QED) is 0.881. The number of likely N-dealkylation sites (tertiary alicyclic amines) is 1. The number of hydrogen-bond acceptors (Lipinski definition) is 5. The number of nitrogens with zero attached hydrogens (tertiary/aromatic N) is 3. The fourth-order valence-corrected chi connectivity index (χ4v) is 2.84. The Bertz CT molecular complexity index is 749. The Balaban J connectivity index is 1.49. The molecule has 1 atom stereocenters. The fraction of sp³-hybridized carbons (Fsp3) is 0.368. The normalized spacial score (nSPS) is 16.8. The third-order valence-corrected chi connectivity index (χ3v) is 4.23. The molecule has 3 rings (SSSR count). The Morgan fingerprint density at radius 3 is 2.73 bits per heavy atom. The van der Waals surface area contributed by atoms with Gasteiger partial charge >= 0.3 is 0 Å². The van der Waals surface area contributed by atoms with E-state index in [0.29, 0.717) is 24.5 Å². The van der Waals surface area contributed by atoms with Crippen LogP contribution < -0.4 is 10.1 Å². The molecule has 26 heavy (non-hydrogen) atoms. The van der Waals surface area contributed by atoms with Crippen LogP contribution in [-0.4, -0.2) is 52.6 Å². The lowest BCUT2D eigenvalue weighted by Crippen LogP contribution is -2.48. The highest BCUT2D eigenvalue weighted by Crippen LogP contribution is 2.16. The molecule has 0 radical (unpaired) electrons. The van der Waals surface area contributed by atoms with E-state index in [2.05, 4.69) is 15.5 Å². The Kier molecular flexibility index (Phi) is 5.78. The second kappa shape index (κ2) is 8.42. The lowest BCUT2D eigenvalue weighted by molar-refractivity contribution is -0.132. The van der Waals surface area contributed by atoms with E-state index < -0.39 is 0 Å². The second-order valence-electron chi connectivity index (χ2n) is 6.28. The van der Waals surface area contributed by atoms with E-state index in [1.54, 1.807) is 35.2 Å². The molecular formula is C19H22N4O3. The molecule has 2 amide bonds. The molecule has 1 unspecified atom stereocenters. The number of aromatic nitrogens is 2. The first-order valence-electron chi connectivity index (χ1n) is 8.70. The van der Waals surface area contributed by atoms with E-state index in [1.165, 1.54) is 0 Å². The molecular weight excluding hydrogens is 332 g/mol. The van der Waals surface area contributed by atoms with Crippen LogP contribution in [0.2, 0.25) is 0 Å². The van der Waals surface area contributed by atoms with Crippen molar-refractivity contribution < 1.29 is 14.3 Å². The molecule has 2 heterocycles. The molecule has 1 aliphatic rings. The Hall–Kier alpha value is -2.96. The number of benzene rings is 1. The molecule has 1 aromatic carbocycles. The van der Waals surface area contributed by atoms with Gasteiger partial charge in [0.05, 0.1) is 18.8 Å². The van der Waals surface area contributed by atoms with Crippen molar-refractivity contribution in [3.63, 3.8) is 0 Å². The molecule has 1 aliphatic heterocycles. The van der Waals surface area contributed by atoms with Crippen LogP contribution in [-0.2, 0) is 4.79 Å². The van der Waals surface area contributed by atoms with Crippen molar-refractivity contribution in [3.8, 4) is 5.88 Å². The molecule has 1 fully saturated rings. The maximum absolute atomic E-state index is 12.4. The minimum absolute atomic E-state index is 0.0230. The van der Waals surface area contributed by atoms with Crippen LogP contribution in [0.15, 0.2) is 42.5 Å². The van der Waals surface area contributed by atoms with Crippen molar-refractivity contribution in [1.82, 2.24) is 20.4 Å². The van der Waals surface area contributed by atoms with Crippen molar-refractivity contribution in [2.75, 3.05) is 19.6 Å². The number of amides is 2. The maximum atomic E-state index is 12.4. The van der Waals surface area contributed by atoms with Crippen LogP contribution in [0, 0.1) is 6.92 Å². The Morgan fingerprint density at radius 1 is 1.19 bits per heavy atom. The number of piperidine rings is 1. The number of carbonyl (C=O) groups excluding carboxylic acids is 2. The zero-order valence-electron chi connectivity index (χ0n) is 14.7. The molecule has 0 spiro atoms. The molecule has 136 valence electrons. The highest BCUT2D eigenvalue weighted by molar-refractivity contribution is 5.96. The first-order chi connectivity index (χ1) is 12.6. The molecule has 1 aromatic heterocycles. The van der Waals surface area contributed by atoms with Crippen LogP contribution in [0.1, 0.15) is 28.9 Å². The number of carbonyl (C=O) groups is 2. The average molecular weight is 354 g/mol. The molecule has 0 saturated carbocycles. The van der Waals surface area contributed by atoms with Gasteiger partial charge in [0.1, 0.15) is 6.10 Å². The Labute approximate surface area is 152 Å². The number of rotatable bonds is 5. The summed E-state index contributed by atoms with van der Waals surface area (Å²) in [6.45, 7) is 2.99. The van der Waals surface area contributed by atoms with Gasteiger partial charge in [0, 0.05) is 18.2 Å². The Morgan fingerprint density at radius 2 is 2.00 bits per heavy atom. The summed E-state index contributed by atoms with van der Waals surface area (Å²) in [5.41, 5.74) is 1.37. The summed E-state index contributed by atoms with van der Waals surface area (Å²) in [6, 6.07) is 12.5. The predicted octanol–water partition coefficient (Wildman–Crippen LogP) is 1.58. The van der Waals surface area contributed by atoms with Crippen molar-refractivity contribution in [2.45, 2.75) is 25.9 Å². The van der Waals surface area contributed by atoms with Crippen molar-refractivity contribution in [1.29, 1.82) is 0 Å². The minimum atomic E-state index is -0.251. The van der Waals surface area contributed by atoms with Gasteiger partial charge in [-0.2, -0.15) is 5.10 Å². The summed E-state index contributed by atoms with van der Waals surface area (Å²) in [5.74, 6) is 0.100. The molecule has 7 nitrogen and oxygen atoms in total. The van der Waals surface area contributed by atoms with Crippen LogP contribution in [0.5, 0.6) is 5.88 Å². The highest BCUT2D eigenvalue weighted by Gasteiger charge is 2.25. The number of aryl methyl sites for hydroxylation is 1. The lowest BCUT2D eigenvalue weighted by atomic mass is 10.1. The molecule has 1 N–H and O–H groups in total. The summed E-state index contributed by atoms with van der Waals surface area (Å²) >= 11 is 0. The van der Waals surface area contributed by atoms with Crippen molar-refractivity contribution in [2.24, 2.45) is 0 Å². The van der Waals surface area contributed by atoms with Gasteiger partial charge < -0.3 is 15.0 Å². The van der Waals surface area contributed by atoms with Gasteiger partial charge in [-0.25, -0.2) is 0 Å². The van der Waals surface area contributed by atoms with E-state index in [9.17, 15) is 9.59 Å². The van der Waals surface area contributed by atoms with Crippen molar-refractivity contribution >= 4 is 11.8 Å². The topological polar surface area (TPSA) is 84.4 Å². The smallest absolute Gasteiger partial charge is 0.251 e. The van der Waals surface area contributed by atoms with Gasteiger partial charge in [0.25, 0.3) is 5.91 Å². The number of ether oxygens (including phenoxy) is 1. The SMILES string of the molecule is Cc1ccc(OC2CCCN(C(=O)CNC(=O)c3ccccc3)C2)nn1. The monoisotopic (exact) mass is 354 g/mol. The van der Waals surface area contributed by atoms with E-state index in [-0.39, 0.29) is 24.5 Å². The predicted molar refractivity (Wildman–Crippen MR) is 95.8 cm³/mol. The zero-order valence-corrected chi connectivity index (χ0v) is 14.7. The van der Waals surface area contributed by atoms with Gasteiger partial charge in [-0.15, -0.1) is 5.10 Å². The van der Waals surface area contributed by atoms with Crippen LogP contribution in [0.4, 0.5) is 0 Å². The van der Waals surface area contributed by atoms with E-state index in [4.69, 9.17) is 4.74 Å². The average Bonchev–Trinajstić information content (AvgIpc) is 2.68. The highest BCUT2D eigenvalue weighted by atomic mass is 16.5. The lowest BCUT2D eigenvalue weighted by Gasteiger charge is -2.32. The number of nitrogens with one attached hydrogen (secondary N) is 1. The van der Waals surface area contributed by atoms with Crippen LogP contribution in [0.25, 0.3) is 0 Å². The van der Waals surface area contributed by atoms with Gasteiger partial charge in [0.2, 0.25) is 11.8 Å². The number of hydrogen-bond donors (Lipinski definition) is 1. The molecule has 7 heteroatoms. The van der Waals surface area contributed by atoms with Gasteiger partial charge in [-0.3, -0.25) is 9.59 Å². The van der Waals surface area contributed by atoms with Gasteiger partial charge in [0.15, 0.2) is 0 Å². The maximum Gasteiger partial charge on any atom is 0.251 e. The minimum Gasteiger partial charge on any atom is -0.471 e. The van der Waals surface area contributed by atoms with Crippen molar-refractivity contribution in [3.05, 3.63) is 53.7 Å². The third-order valence-electron chi connectivity index (χ3n) is 4.23. The summed E-state index contributed by atoms with van der Waals surface area (Å²) in [4.78, 5) is 26.2. The first-order valence-corrected chi connectivity index (χ1v) is 8.70. The third kappa shape index (κ3) is 4.78. The molecule has 0 bridgehead atoms. The van der Waals surface area contributed by atoms with E-state index in [0.717, 1.165) is 18.5 Å². The second-order valence-corrected chi connectivity index (χ2v) is 6.28. The summed E-state index contributed by atoms with van der Waals surface area (Å²) in [5, 5.41) is 10.6. The van der Waals surface area contributed by atoms with E-state index >= 15 is 0 Å². The largest absolute Gasteiger partial charge is 0.471 e. The fourth-order valence-electron chi connectivity index (χ4n) is 2.84. The van der Waals surface area contributed by atoms with E-state index in [1.807, 2.05) is 19.1 Å². The summed E-state index contributed by atoms with van der Waals surface area (Å²) < 4.78 is 5.83. The summed E-state index contributed by atoms with van der Waals surface area (Å²) in [6.07, 6.45) is 1.59. The standard InChI is InChI=1S/C19H22N4O3/c1-14-9-10-17(22-21-14)26-16-8-5-11-23(13-16)18(24)12-20-19(25)15-6-3-2-4-7-15/h2-4,6-7,9-10,16H,5,8,11-13H2,1H3,(H,20,25). The molecule has 1 saturated heterocycles. The zero-order chi connectivity index (χ0) is 18.4.